The molecule has 7 nitrogen and oxygen atoms in total. The largest absolute Gasteiger partial charge is 0.357 e. The van der Waals surface area contributed by atoms with Gasteiger partial charge >= 0.3 is 0 Å². The normalized spacial score (nSPS) is 12.0. The van der Waals surface area contributed by atoms with Gasteiger partial charge in [0.2, 0.25) is 11.8 Å². The lowest BCUT2D eigenvalue weighted by Gasteiger charge is -2.33. The summed E-state index contributed by atoms with van der Waals surface area (Å²) in [6, 6.07) is 18.0. The first-order chi connectivity index (χ1) is 17.6. The molecule has 0 spiro atoms. The van der Waals surface area contributed by atoms with Crippen LogP contribution in [0, 0.1) is 19.7 Å². The summed E-state index contributed by atoms with van der Waals surface area (Å²) in [4.78, 5) is 27.9. The molecule has 0 bridgehead atoms. The summed E-state index contributed by atoms with van der Waals surface area (Å²) in [5, 5.41) is 2.57. The fourth-order valence-electron chi connectivity index (χ4n) is 3.95. The summed E-state index contributed by atoms with van der Waals surface area (Å²) in [7, 11) is -2.64. The zero-order valence-electron chi connectivity index (χ0n) is 21.4. The van der Waals surface area contributed by atoms with E-state index in [1.54, 1.807) is 43.3 Å². The highest BCUT2D eigenvalue weighted by atomic mass is 32.2. The average molecular weight is 526 g/mol. The third-order valence-electron chi connectivity index (χ3n) is 6.11. The van der Waals surface area contributed by atoms with Crippen LogP contribution in [0.1, 0.15) is 30.0 Å². The molecule has 0 fully saturated rings. The number of amides is 2. The molecule has 0 heterocycles. The number of carbonyl (C=O) groups excluding carboxylic acids is 2. The Bertz CT molecular complexity index is 1330. The van der Waals surface area contributed by atoms with Crippen LogP contribution in [0.4, 0.5) is 10.1 Å². The highest BCUT2D eigenvalue weighted by molar-refractivity contribution is 7.92. The number of anilines is 1. The van der Waals surface area contributed by atoms with Gasteiger partial charge in [0.05, 0.1) is 10.6 Å². The molecular formula is C28H32FN3O4S. The van der Waals surface area contributed by atoms with Gasteiger partial charge in [0.1, 0.15) is 18.4 Å². The van der Waals surface area contributed by atoms with E-state index in [1.165, 1.54) is 48.3 Å². The molecular weight excluding hydrogens is 493 g/mol. The predicted octanol–water partition coefficient (Wildman–Crippen LogP) is 4.19. The van der Waals surface area contributed by atoms with Crippen LogP contribution in [0.3, 0.4) is 0 Å². The van der Waals surface area contributed by atoms with Crippen molar-refractivity contribution in [3.8, 4) is 0 Å². The van der Waals surface area contributed by atoms with Crippen LogP contribution in [0.25, 0.3) is 0 Å². The number of carbonyl (C=O) groups is 2. The third kappa shape index (κ3) is 6.74. The standard InChI is InChI=1S/C28H32FN3O4S/c1-5-26(28(34)30-4)31(18-22-10-12-23(29)13-11-22)27(33)19-32(24-14-6-20(2)7-15-24)37(35,36)25-16-8-21(3)9-17-25/h6-17,26H,5,18-19H2,1-4H3,(H,30,34)/t26-/m1/s1. The summed E-state index contributed by atoms with van der Waals surface area (Å²) in [6.45, 7) is 5.00. The summed E-state index contributed by atoms with van der Waals surface area (Å²) < 4.78 is 42.0. The number of benzene rings is 3. The maximum atomic E-state index is 13.8. The maximum absolute atomic E-state index is 13.8. The molecule has 196 valence electrons. The Morgan fingerprint density at radius 1 is 0.892 bits per heavy atom. The van der Waals surface area contributed by atoms with Crippen LogP contribution in [0.15, 0.2) is 77.7 Å². The van der Waals surface area contributed by atoms with Crippen molar-refractivity contribution in [2.75, 3.05) is 17.9 Å². The Morgan fingerprint density at radius 3 is 1.95 bits per heavy atom. The van der Waals surface area contributed by atoms with Gasteiger partial charge in [0.25, 0.3) is 10.0 Å². The molecule has 37 heavy (non-hydrogen) atoms. The Morgan fingerprint density at radius 2 is 1.43 bits per heavy atom. The van der Waals surface area contributed by atoms with Gasteiger partial charge in [-0.25, -0.2) is 12.8 Å². The highest BCUT2D eigenvalue weighted by Crippen LogP contribution is 2.25. The predicted molar refractivity (Wildman–Crippen MR) is 142 cm³/mol. The molecule has 0 saturated heterocycles. The van der Waals surface area contributed by atoms with Crippen molar-refractivity contribution in [1.82, 2.24) is 10.2 Å². The Labute approximate surface area is 218 Å². The first kappa shape index (κ1) is 27.9. The zero-order valence-corrected chi connectivity index (χ0v) is 22.3. The minimum Gasteiger partial charge on any atom is -0.357 e. The number of halogens is 1. The molecule has 0 radical (unpaired) electrons. The van der Waals surface area contributed by atoms with Gasteiger partial charge in [-0.05, 0) is 62.2 Å². The van der Waals surface area contributed by atoms with E-state index in [2.05, 4.69) is 5.32 Å². The molecule has 0 aliphatic heterocycles. The molecule has 3 aromatic rings. The van der Waals surface area contributed by atoms with Gasteiger partial charge in [-0.1, -0.05) is 54.4 Å². The van der Waals surface area contributed by atoms with Crippen LogP contribution in [0.2, 0.25) is 0 Å². The van der Waals surface area contributed by atoms with E-state index < -0.39 is 34.3 Å². The molecule has 3 aromatic carbocycles. The van der Waals surface area contributed by atoms with Gasteiger partial charge in [-0.3, -0.25) is 13.9 Å². The van der Waals surface area contributed by atoms with E-state index in [-0.39, 0.29) is 17.3 Å². The van der Waals surface area contributed by atoms with Crippen molar-refractivity contribution >= 4 is 27.5 Å². The van der Waals surface area contributed by atoms with E-state index in [1.807, 2.05) is 13.8 Å². The van der Waals surface area contributed by atoms with Crippen LogP contribution >= 0.6 is 0 Å². The molecule has 0 unspecified atom stereocenters. The molecule has 0 saturated carbocycles. The Hall–Kier alpha value is -3.72. The lowest BCUT2D eigenvalue weighted by Crippen LogP contribution is -2.51. The van der Waals surface area contributed by atoms with Crippen molar-refractivity contribution in [2.45, 2.75) is 44.7 Å². The molecule has 1 N–H and O–H groups in total. The van der Waals surface area contributed by atoms with Crippen molar-refractivity contribution in [2.24, 2.45) is 0 Å². The number of hydrogen-bond donors (Lipinski definition) is 1. The number of aryl methyl sites for hydroxylation is 2. The van der Waals surface area contributed by atoms with E-state index in [4.69, 9.17) is 0 Å². The topological polar surface area (TPSA) is 86.8 Å². The Kier molecular flexibility index (Phi) is 9.04. The summed E-state index contributed by atoms with van der Waals surface area (Å²) in [5.74, 6) is -1.35. The van der Waals surface area contributed by atoms with Gasteiger partial charge < -0.3 is 10.2 Å². The molecule has 1 atom stereocenters. The lowest BCUT2D eigenvalue weighted by molar-refractivity contribution is -0.140. The van der Waals surface area contributed by atoms with Crippen LogP contribution < -0.4 is 9.62 Å². The second kappa shape index (κ2) is 12.0. The van der Waals surface area contributed by atoms with E-state index in [0.717, 1.165) is 15.4 Å². The second-order valence-electron chi connectivity index (χ2n) is 8.85. The van der Waals surface area contributed by atoms with Gasteiger partial charge in [0, 0.05) is 13.6 Å². The van der Waals surface area contributed by atoms with Crippen LogP contribution in [-0.2, 0) is 26.2 Å². The number of nitrogens with one attached hydrogen (secondary N) is 1. The van der Waals surface area contributed by atoms with Gasteiger partial charge in [-0.2, -0.15) is 0 Å². The molecule has 2 amide bonds. The fraction of sp³-hybridized carbons (Fsp3) is 0.286. The minimum absolute atomic E-state index is 0.0113. The molecule has 0 aliphatic carbocycles. The smallest absolute Gasteiger partial charge is 0.264 e. The highest BCUT2D eigenvalue weighted by Gasteiger charge is 2.33. The summed E-state index contributed by atoms with van der Waals surface area (Å²) >= 11 is 0. The van der Waals surface area contributed by atoms with Crippen molar-refractivity contribution in [3.63, 3.8) is 0 Å². The SMILES string of the molecule is CC[C@H](C(=O)NC)N(Cc1ccc(F)cc1)C(=O)CN(c1ccc(C)cc1)S(=O)(=O)c1ccc(C)cc1. The van der Waals surface area contributed by atoms with Crippen LogP contribution in [-0.4, -0.2) is 44.8 Å². The maximum Gasteiger partial charge on any atom is 0.264 e. The van der Waals surface area contributed by atoms with Crippen LogP contribution in [0.5, 0.6) is 0 Å². The zero-order chi connectivity index (χ0) is 27.2. The quantitative estimate of drug-likeness (QED) is 0.430. The molecule has 0 aliphatic rings. The molecule has 9 heteroatoms. The second-order valence-corrected chi connectivity index (χ2v) is 10.7. The summed E-state index contributed by atoms with van der Waals surface area (Å²) in [5.41, 5.74) is 2.78. The van der Waals surface area contributed by atoms with E-state index in [9.17, 15) is 22.4 Å². The van der Waals surface area contributed by atoms with Gasteiger partial charge in [0.15, 0.2) is 0 Å². The van der Waals surface area contributed by atoms with Gasteiger partial charge in [-0.15, -0.1) is 0 Å². The monoisotopic (exact) mass is 525 g/mol. The lowest BCUT2D eigenvalue weighted by atomic mass is 10.1. The fourth-order valence-corrected chi connectivity index (χ4v) is 5.36. The number of hydrogen-bond acceptors (Lipinski definition) is 4. The minimum atomic E-state index is -4.11. The molecule has 3 rings (SSSR count). The molecule has 0 aromatic heterocycles. The number of sulfonamides is 1. The van der Waals surface area contributed by atoms with Crippen molar-refractivity contribution in [3.05, 3.63) is 95.3 Å². The summed E-state index contributed by atoms with van der Waals surface area (Å²) in [6.07, 6.45) is 0.307. The third-order valence-corrected chi connectivity index (χ3v) is 7.90. The first-order valence-corrected chi connectivity index (χ1v) is 13.4. The van der Waals surface area contributed by atoms with Crippen molar-refractivity contribution < 1.29 is 22.4 Å². The first-order valence-electron chi connectivity index (χ1n) is 12.0. The average Bonchev–Trinajstić information content (AvgIpc) is 2.88. The Balaban J connectivity index is 2.04. The number of likely N-dealkylation sites (N-methyl/N-ethyl adjacent to an activating group) is 1. The number of rotatable bonds is 10. The number of nitrogens with zero attached hydrogens (tertiary/aromatic N) is 2. The van der Waals surface area contributed by atoms with E-state index >= 15 is 0 Å². The van der Waals surface area contributed by atoms with E-state index in [0.29, 0.717) is 17.7 Å². The van der Waals surface area contributed by atoms with Crippen molar-refractivity contribution in [1.29, 1.82) is 0 Å².